The van der Waals surface area contributed by atoms with E-state index in [2.05, 4.69) is 10.6 Å². The van der Waals surface area contributed by atoms with Crippen LogP contribution in [0.4, 0.5) is 0 Å². The van der Waals surface area contributed by atoms with Crippen LogP contribution >= 0.6 is 12.4 Å². The standard InChI is InChI=1S/C12H23N3O2.ClH/c1-4-15(3)10(16)9-13-11(17)12(2)7-5-6-8-14-12;/h14H,4-9H2,1-3H3,(H,13,17);1H. The Hall–Kier alpha value is -0.810. The second-order valence-electron chi connectivity index (χ2n) is 4.81. The number of piperidine rings is 1. The van der Waals surface area contributed by atoms with Crippen molar-refractivity contribution >= 4 is 24.2 Å². The monoisotopic (exact) mass is 277 g/mol. The number of carbonyl (C=O) groups is 2. The molecule has 0 bridgehead atoms. The fourth-order valence-corrected chi connectivity index (χ4v) is 1.91. The van der Waals surface area contributed by atoms with Gasteiger partial charge in [-0.15, -0.1) is 12.4 Å². The van der Waals surface area contributed by atoms with Gasteiger partial charge in [0.1, 0.15) is 0 Å². The third-order valence-electron chi connectivity index (χ3n) is 3.42. The summed E-state index contributed by atoms with van der Waals surface area (Å²) in [6, 6.07) is 0. The lowest BCUT2D eigenvalue weighted by atomic mass is 9.90. The highest BCUT2D eigenvalue weighted by Gasteiger charge is 2.34. The minimum atomic E-state index is -0.511. The van der Waals surface area contributed by atoms with E-state index in [0.29, 0.717) is 6.54 Å². The maximum atomic E-state index is 12.0. The molecule has 0 radical (unpaired) electrons. The number of hydrogen-bond donors (Lipinski definition) is 2. The lowest BCUT2D eigenvalue weighted by molar-refractivity contribution is -0.134. The van der Waals surface area contributed by atoms with E-state index in [1.165, 1.54) is 0 Å². The SMILES string of the molecule is CCN(C)C(=O)CNC(=O)C1(C)CCCCN1.Cl. The molecule has 0 aliphatic carbocycles. The van der Waals surface area contributed by atoms with Crippen molar-refractivity contribution in [1.29, 1.82) is 0 Å². The maximum Gasteiger partial charge on any atom is 0.241 e. The van der Waals surface area contributed by atoms with E-state index in [0.717, 1.165) is 25.8 Å². The highest BCUT2D eigenvalue weighted by atomic mass is 35.5. The minimum Gasteiger partial charge on any atom is -0.345 e. The summed E-state index contributed by atoms with van der Waals surface area (Å²) >= 11 is 0. The molecule has 1 unspecified atom stereocenters. The molecule has 0 aromatic heterocycles. The summed E-state index contributed by atoms with van der Waals surface area (Å²) in [5.41, 5.74) is -0.511. The van der Waals surface area contributed by atoms with Crippen molar-refractivity contribution in [2.45, 2.75) is 38.6 Å². The Balaban J connectivity index is 0.00000289. The number of rotatable bonds is 4. The molecule has 18 heavy (non-hydrogen) atoms. The zero-order valence-corrected chi connectivity index (χ0v) is 12.2. The topological polar surface area (TPSA) is 61.4 Å². The van der Waals surface area contributed by atoms with Crippen LogP contribution in [0.1, 0.15) is 33.1 Å². The predicted molar refractivity (Wildman–Crippen MR) is 73.8 cm³/mol. The molecule has 0 saturated carbocycles. The van der Waals surface area contributed by atoms with Crippen LogP contribution in [0.3, 0.4) is 0 Å². The Morgan fingerprint density at radius 1 is 1.39 bits per heavy atom. The summed E-state index contributed by atoms with van der Waals surface area (Å²) in [6.07, 6.45) is 3.00. The van der Waals surface area contributed by atoms with E-state index in [1.54, 1.807) is 11.9 Å². The van der Waals surface area contributed by atoms with Crippen molar-refractivity contribution in [3.8, 4) is 0 Å². The molecule has 1 fully saturated rings. The molecule has 0 aromatic carbocycles. The Labute approximate surface area is 115 Å². The molecule has 6 heteroatoms. The number of halogens is 1. The van der Waals surface area contributed by atoms with E-state index in [-0.39, 0.29) is 30.8 Å². The van der Waals surface area contributed by atoms with Crippen molar-refractivity contribution in [1.82, 2.24) is 15.5 Å². The average molecular weight is 278 g/mol. The highest BCUT2D eigenvalue weighted by Crippen LogP contribution is 2.18. The summed E-state index contributed by atoms with van der Waals surface area (Å²) < 4.78 is 0. The minimum absolute atomic E-state index is 0. The molecule has 1 saturated heterocycles. The number of amides is 2. The van der Waals surface area contributed by atoms with Gasteiger partial charge in [0, 0.05) is 13.6 Å². The van der Waals surface area contributed by atoms with Gasteiger partial charge in [-0.1, -0.05) is 0 Å². The van der Waals surface area contributed by atoms with Gasteiger partial charge < -0.3 is 15.5 Å². The summed E-state index contributed by atoms with van der Waals surface area (Å²) in [5, 5.41) is 5.94. The van der Waals surface area contributed by atoms with E-state index < -0.39 is 5.54 Å². The third-order valence-corrected chi connectivity index (χ3v) is 3.42. The van der Waals surface area contributed by atoms with Gasteiger partial charge in [-0.2, -0.15) is 0 Å². The molecule has 2 N–H and O–H groups in total. The van der Waals surface area contributed by atoms with Gasteiger partial charge in [-0.05, 0) is 39.7 Å². The Bertz CT molecular complexity index is 291. The first kappa shape index (κ1) is 17.2. The number of likely N-dealkylation sites (N-methyl/N-ethyl adjacent to an activating group) is 1. The maximum absolute atomic E-state index is 12.0. The lowest BCUT2D eigenvalue weighted by Crippen LogP contribution is -2.58. The van der Waals surface area contributed by atoms with Crippen LogP contribution in [-0.2, 0) is 9.59 Å². The fourth-order valence-electron chi connectivity index (χ4n) is 1.91. The largest absolute Gasteiger partial charge is 0.345 e. The lowest BCUT2D eigenvalue weighted by Gasteiger charge is -2.33. The van der Waals surface area contributed by atoms with E-state index >= 15 is 0 Å². The van der Waals surface area contributed by atoms with Crippen LogP contribution < -0.4 is 10.6 Å². The Kier molecular flexibility index (Phi) is 7.25. The normalized spacial score (nSPS) is 22.8. The van der Waals surface area contributed by atoms with Gasteiger partial charge in [0.2, 0.25) is 11.8 Å². The molecule has 1 rings (SSSR count). The van der Waals surface area contributed by atoms with Crippen molar-refractivity contribution in [2.75, 3.05) is 26.7 Å². The van der Waals surface area contributed by atoms with Gasteiger partial charge in [-0.3, -0.25) is 9.59 Å². The van der Waals surface area contributed by atoms with Crippen molar-refractivity contribution in [3.63, 3.8) is 0 Å². The van der Waals surface area contributed by atoms with E-state index in [4.69, 9.17) is 0 Å². The molecular formula is C12H24ClN3O2. The number of hydrogen-bond acceptors (Lipinski definition) is 3. The third kappa shape index (κ3) is 4.46. The van der Waals surface area contributed by atoms with Crippen molar-refractivity contribution < 1.29 is 9.59 Å². The van der Waals surface area contributed by atoms with Crippen LogP contribution in [0.25, 0.3) is 0 Å². The Morgan fingerprint density at radius 3 is 2.56 bits per heavy atom. The van der Waals surface area contributed by atoms with Gasteiger partial charge in [0.15, 0.2) is 0 Å². The summed E-state index contributed by atoms with van der Waals surface area (Å²) in [6.45, 7) is 5.41. The summed E-state index contributed by atoms with van der Waals surface area (Å²) in [5.74, 6) is -0.129. The molecular weight excluding hydrogens is 254 g/mol. The first-order chi connectivity index (χ1) is 7.99. The molecule has 2 amide bonds. The average Bonchev–Trinajstić information content (AvgIpc) is 2.35. The first-order valence-corrected chi connectivity index (χ1v) is 6.27. The van der Waals surface area contributed by atoms with Crippen LogP contribution in [-0.4, -0.2) is 48.9 Å². The molecule has 1 atom stereocenters. The van der Waals surface area contributed by atoms with Gasteiger partial charge in [-0.25, -0.2) is 0 Å². The number of nitrogens with one attached hydrogen (secondary N) is 2. The number of carbonyl (C=O) groups excluding carboxylic acids is 2. The molecule has 0 spiro atoms. The van der Waals surface area contributed by atoms with Crippen molar-refractivity contribution in [2.24, 2.45) is 0 Å². The quantitative estimate of drug-likeness (QED) is 0.788. The van der Waals surface area contributed by atoms with Gasteiger partial charge >= 0.3 is 0 Å². The molecule has 1 aliphatic rings. The highest BCUT2D eigenvalue weighted by molar-refractivity contribution is 5.90. The van der Waals surface area contributed by atoms with Crippen LogP contribution in [0.5, 0.6) is 0 Å². The summed E-state index contributed by atoms with van der Waals surface area (Å²) in [7, 11) is 1.73. The molecule has 0 aromatic rings. The van der Waals surface area contributed by atoms with Crippen LogP contribution in [0, 0.1) is 0 Å². The van der Waals surface area contributed by atoms with Crippen LogP contribution in [0.15, 0.2) is 0 Å². The van der Waals surface area contributed by atoms with Crippen LogP contribution in [0.2, 0.25) is 0 Å². The molecule has 1 aliphatic heterocycles. The molecule has 5 nitrogen and oxygen atoms in total. The van der Waals surface area contributed by atoms with Gasteiger partial charge in [0.25, 0.3) is 0 Å². The van der Waals surface area contributed by atoms with Crippen molar-refractivity contribution in [3.05, 3.63) is 0 Å². The zero-order valence-electron chi connectivity index (χ0n) is 11.4. The predicted octanol–water partition coefficient (Wildman–Crippen LogP) is 0.535. The smallest absolute Gasteiger partial charge is 0.241 e. The molecule has 1 heterocycles. The second kappa shape index (κ2) is 7.59. The fraction of sp³-hybridized carbons (Fsp3) is 0.833. The first-order valence-electron chi connectivity index (χ1n) is 6.27. The van der Waals surface area contributed by atoms with Gasteiger partial charge in [0.05, 0.1) is 12.1 Å². The molecule has 106 valence electrons. The second-order valence-corrected chi connectivity index (χ2v) is 4.81. The van der Waals surface area contributed by atoms with E-state index in [9.17, 15) is 9.59 Å². The van der Waals surface area contributed by atoms with E-state index in [1.807, 2.05) is 13.8 Å². The zero-order chi connectivity index (χ0) is 12.9. The number of nitrogens with zero attached hydrogens (tertiary/aromatic N) is 1. The summed E-state index contributed by atoms with van der Waals surface area (Å²) in [4.78, 5) is 25.1. The Morgan fingerprint density at radius 2 is 2.06 bits per heavy atom.